The number of carbonyl (C=O) groups is 2. The molecule has 1 saturated carbocycles. The number of thioether (sulfide) groups is 1. The molecule has 7 nitrogen and oxygen atoms in total. The Labute approximate surface area is 157 Å². The first-order valence-electron chi connectivity index (χ1n) is 8.62. The first-order chi connectivity index (χ1) is 12.5. The number of aryl methyl sites for hydroxylation is 2. The fraction of sp³-hybridized carbons (Fsp3) is 0.444. The Bertz CT molecular complexity index is 829. The smallest absolute Gasteiger partial charge is 0.243 e. The zero-order chi connectivity index (χ0) is 18.7. The van der Waals surface area contributed by atoms with Gasteiger partial charge in [-0.1, -0.05) is 23.9 Å². The molecular weight excluding hydrogens is 350 g/mol. The van der Waals surface area contributed by atoms with Crippen molar-refractivity contribution < 1.29 is 9.59 Å². The third-order valence-electron chi connectivity index (χ3n) is 4.40. The summed E-state index contributed by atoms with van der Waals surface area (Å²) < 4.78 is 2.09. The Morgan fingerprint density at radius 2 is 1.96 bits per heavy atom. The van der Waals surface area contributed by atoms with E-state index >= 15 is 0 Å². The van der Waals surface area contributed by atoms with E-state index in [4.69, 9.17) is 0 Å². The number of anilines is 1. The van der Waals surface area contributed by atoms with Gasteiger partial charge >= 0.3 is 0 Å². The molecule has 1 aliphatic rings. The molecule has 1 aliphatic carbocycles. The molecule has 138 valence electrons. The van der Waals surface area contributed by atoms with Crippen molar-refractivity contribution in [3.63, 3.8) is 0 Å². The lowest BCUT2D eigenvalue weighted by Crippen LogP contribution is -2.34. The van der Waals surface area contributed by atoms with Gasteiger partial charge in [0, 0.05) is 11.7 Å². The number of benzene rings is 1. The topological polar surface area (TPSA) is 88.9 Å². The van der Waals surface area contributed by atoms with Crippen LogP contribution < -0.4 is 10.6 Å². The van der Waals surface area contributed by atoms with Gasteiger partial charge in [-0.05, 0) is 50.8 Å². The molecule has 0 saturated heterocycles. The molecule has 2 amide bonds. The molecule has 1 fully saturated rings. The summed E-state index contributed by atoms with van der Waals surface area (Å²) >= 11 is 1.35. The number of hydrogen-bond donors (Lipinski definition) is 2. The van der Waals surface area contributed by atoms with E-state index in [2.05, 4.69) is 25.4 Å². The molecular formula is C18H23N5O2S. The first-order valence-corrected chi connectivity index (χ1v) is 9.61. The summed E-state index contributed by atoms with van der Waals surface area (Å²) in [5.41, 5.74) is 2.91. The zero-order valence-corrected chi connectivity index (χ0v) is 16.0. The SMILES string of the molecule is Cc1cccc(NC(=O)CNC(=O)CSc2nnc(C)n2C2CC2)c1C. The van der Waals surface area contributed by atoms with E-state index < -0.39 is 0 Å². The Balaban J connectivity index is 1.45. The van der Waals surface area contributed by atoms with E-state index in [0.29, 0.717) is 6.04 Å². The molecule has 3 rings (SSSR count). The number of rotatable bonds is 7. The van der Waals surface area contributed by atoms with Gasteiger partial charge in [0.1, 0.15) is 5.82 Å². The number of aromatic nitrogens is 3. The van der Waals surface area contributed by atoms with Crippen LogP contribution in [0.4, 0.5) is 5.69 Å². The van der Waals surface area contributed by atoms with Crippen molar-refractivity contribution in [3.8, 4) is 0 Å². The molecule has 1 heterocycles. The van der Waals surface area contributed by atoms with Gasteiger partial charge in [-0.25, -0.2) is 0 Å². The van der Waals surface area contributed by atoms with Gasteiger partial charge in [0.2, 0.25) is 11.8 Å². The molecule has 0 radical (unpaired) electrons. The average molecular weight is 373 g/mol. The summed E-state index contributed by atoms with van der Waals surface area (Å²) in [4.78, 5) is 24.1. The van der Waals surface area contributed by atoms with Gasteiger partial charge < -0.3 is 15.2 Å². The number of nitrogens with zero attached hydrogens (tertiary/aromatic N) is 3. The lowest BCUT2D eigenvalue weighted by atomic mass is 10.1. The Kier molecular flexibility index (Phi) is 5.61. The molecule has 1 aromatic carbocycles. The Morgan fingerprint density at radius 3 is 2.69 bits per heavy atom. The predicted octanol–water partition coefficient (Wildman–Crippen LogP) is 2.39. The second kappa shape index (κ2) is 7.90. The van der Waals surface area contributed by atoms with Crippen molar-refractivity contribution in [1.82, 2.24) is 20.1 Å². The minimum absolute atomic E-state index is 0.0544. The largest absolute Gasteiger partial charge is 0.346 e. The lowest BCUT2D eigenvalue weighted by Gasteiger charge is -2.11. The van der Waals surface area contributed by atoms with E-state index in [-0.39, 0.29) is 24.1 Å². The maximum atomic E-state index is 12.1. The average Bonchev–Trinajstić information content (AvgIpc) is 3.38. The van der Waals surface area contributed by atoms with E-state index in [1.807, 2.05) is 39.0 Å². The summed E-state index contributed by atoms with van der Waals surface area (Å²) in [6.45, 7) is 5.82. The Hall–Kier alpha value is -2.35. The number of nitrogens with one attached hydrogen (secondary N) is 2. The van der Waals surface area contributed by atoms with Crippen LogP contribution in [0.2, 0.25) is 0 Å². The monoisotopic (exact) mass is 373 g/mol. The molecule has 2 N–H and O–H groups in total. The predicted molar refractivity (Wildman–Crippen MR) is 101 cm³/mol. The number of amides is 2. The van der Waals surface area contributed by atoms with Crippen molar-refractivity contribution in [2.24, 2.45) is 0 Å². The minimum atomic E-state index is -0.242. The fourth-order valence-electron chi connectivity index (χ4n) is 2.64. The van der Waals surface area contributed by atoms with Crippen LogP contribution in [0.25, 0.3) is 0 Å². The Morgan fingerprint density at radius 1 is 1.19 bits per heavy atom. The number of hydrogen-bond acceptors (Lipinski definition) is 5. The molecule has 2 aromatic rings. The van der Waals surface area contributed by atoms with Crippen LogP contribution in [-0.4, -0.2) is 38.9 Å². The van der Waals surface area contributed by atoms with Crippen LogP contribution in [-0.2, 0) is 9.59 Å². The highest BCUT2D eigenvalue weighted by Crippen LogP contribution is 2.38. The molecule has 0 spiro atoms. The maximum absolute atomic E-state index is 12.1. The highest BCUT2D eigenvalue weighted by molar-refractivity contribution is 7.99. The molecule has 8 heteroatoms. The van der Waals surface area contributed by atoms with Gasteiger partial charge in [0.25, 0.3) is 0 Å². The third kappa shape index (κ3) is 4.43. The van der Waals surface area contributed by atoms with E-state index in [0.717, 1.165) is 40.6 Å². The summed E-state index contributed by atoms with van der Waals surface area (Å²) in [5, 5.41) is 14.5. The van der Waals surface area contributed by atoms with Crippen LogP contribution >= 0.6 is 11.8 Å². The molecule has 0 bridgehead atoms. The second-order valence-electron chi connectivity index (χ2n) is 6.49. The maximum Gasteiger partial charge on any atom is 0.243 e. The van der Waals surface area contributed by atoms with Crippen molar-refractivity contribution in [2.75, 3.05) is 17.6 Å². The van der Waals surface area contributed by atoms with Crippen LogP contribution in [0, 0.1) is 20.8 Å². The summed E-state index contributed by atoms with van der Waals surface area (Å²) in [7, 11) is 0. The normalized spacial score (nSPS) is 13.5. The quantitative estimate of drug-likeness (QED) is 0.728. The van der Waals surface area contributed by atoms with Gasteiger partial charge in [0.15, 0.2) is 5.16 Å². The van der Waals surface area contributed by atoms with Crippen molar-refractivity contribution in [1.29, 1.82) is 0 Å². The first kappa shape index (κ1) is 18.4. The molecule has 26 heavy (non-hydrogen) atoms. The lowest BCUT2D eigenvalue weighted by molar-refractivity contribution is -0.122. The van der Waals surface area contributed by atoms with Crippen molar-refractivity contribution in [2.45, 2.75) is 44.8 Å². The second-order valence-corrected chi connectivity index (χ2v) is 7.43. The van der Waals surface area contributed by atoms with Crippen molar-refractivity contribution >= 4 is 29.3 Å². The van der Waals surface area contributed by atoms with Crippen LogP contribution in [0.15, 0.2) is 23.4 Å². The van der Waals surface area contributed by atoms with Crippen LogP contribution in [0.3, 0.4) is 0 Å². The van der Waals surface area contributed by atoms with E-state index in [9.17, 15) is 9.59 Å². The minimum Gasteiger partial charge on any atom is -0.346 e. The zero-order valence-electron chi connectivity index (χ0n) is 15.2. The molecule has 1 aromatic heterocycles. The standard InChI is InChI=1S/C18H23N5O2S/c1-11-5-4-6-15(12(11)2)20-16(24)9-19-17(25)10-26-18-22-21-13(3)23(18)14-7-8-14/h4-6,14H,7-10H2,1-3H3,(H,19,25)(H,20,24). The third-order valence-corrected chi connectivity index (χ3v) is 5.35. The van der Waals surface area contributed by atoms with E-state index in [1.165, 1.54) is 11.8 Å². The van der Waals surface area contributed by atoms with Gasteiger partial charge in [-0.2, -0.15) is 0 Å². The molecule has 0 aliphatic heterocycles. The highest BCUT2D eigenvalue weighted by Gasteiger charge is 2.28. The number of carbonyl (C=O) groups excluding carboxylic acids is 2. The summed E-state index contributed by atoms with van der Waals surface area (Å²) in [6.07, 6.45) is 2.27. The van der Waals surface area contributed by atoms with Crippen LogP contribution in [0.5, 0.6) is 0 Å². The van der Waals surface area contributed by atoms with E-state index in [1.54, 1.807) is 0 Å². The fourth-order valence-corrected chi connectivity index (χ4v) is 3.52. The summed E-state index contributed by atoms with van der Waals surface area (Å²) in [5.74, 6) is 0.646. The highest BCUT2D eigenvalue weighted by atomic mass is 32.2. The van der Waals surface area contributed by atoms with Gasteiger partial charge in [0.05, 0.1) is 12.3 Å². The summed E-state index contributed by atoms with van der Waals surface area (Å²) in [6, 6.07) is 6.21. The van der Waals surface area contributed by atoms with Crippen molar-refractivity contribution in [3.05, 3.63) is 35.2 Å². The van der Waals surface area contributed by atoms with Gasteiger partial charge in [-0.3, -0.25) is 9.59 Å². The molecule has 0 atom stereocenters. The van der Waals surface area contributed by atoms with Gasteiger partial charge in [-0.15, -0.1) is 10.2 Å². The van der Waals surface area contributed by atoms with Crippen LogP contribution in [0.1, 0.15) is 35.8 Å². The molecule has 0 unspecified atom stereocenters.